The summed E-state index contributed by atoms with van der Waals surface area (Å²) in [5.41, 5.74) is 2.37. The van der Waals surface area contributed by atoms with E-state index >= 15 is 0 Å². The molecule has 1 unspecified atom stereocenters. The summed E-state index contributed by atoms with van der Waals surface area (Å²) in [6.45, 7) is 9.39. The number of aryl methyl sites for hydroxylation is 2. The molecule has 0 aromatic carbocycles. The molecule has 0 saturated heterocycles. The van der Waals surface area contributed by atoms with Crippen molar-refractivity contribution in [2.75, 3.05) is 25.0 Å². The van der Waals surface area contributed by atoms with Gasteiger partial charge in [0.2, 0.25) is 5.95 Å². The van der Waals surface area contributed by atoms with Crippen LogP contribution in [0.3, 0.4) is 0 Å². The van der Waals surface area contributed by atoms with Gasteiger partial charge in [0.1, 0.15) is 5.69 Å². The number of anilines is 1. The average Bonchev–Trinajstić information content (AvgIpc) is 2.91. The minimum Gasteiger partial charge on any atom is -0.357 e. The molecule has 12 heteroatoms. The van der Waals surface area contributed by atoms with E-state index in [0.717, 1.165) is 30.1 Å². The molecule has 0 aliphatic rings. The molecule has 8 nitrogen and oxygen atoms in total. The summed E-state index contributed by atoms with van der Waals surface area (Å²) in [5, 5.41) is 13.7. The lowest BCUT2D eigenvalue weighted by Gasteiger charge is -2.18. The summed E-state index contributed by atoms with van der Waals surface area (Å²) < 4.78 is 40.0. The minimum atomic E-state index is -4.50. The Bertz CT molecular complexity index is 866. The van der Waals surface area contributed by atoms with Crippen LogP contribution in [0.5, 0.6) is 0 Å². The third kappa shape index (κ3) is 8.15. The maximum absolute atomic E-state index is 12.7. The summed E-state index contributed by atoms with van der Waals surface area (Å²) in [6, 6.07) is 0.952. The Morgan fingerprint density at radius 2 is 2.00 bits per heavy atom. The van der Waals surface area contributed by atoms with Gasteiger partial charge in [-0.2, -0.15) is 18.3 Å². The van der Waals surface area contributed by atoms with Crippen LogP contribution < -0.4 is 16.0 Å². The van der Waals surface area contributed by atoms with Crippen molar-refractivity contribution in [3.05, 3.63) is 34.9 Å². The van der Waals surface area contributed by atoms with Crippen LogP contribution in [0.15, 0.2) is 17.3 Å². The Labute approximate surface area is 197 Å². The molecule has 174 valence electrons. The van der Waals surface area contributed by atoms with E-state index in [1.54, 1.807) is 0 Å². The van der Waals surface area contributed by atoms with Gasteiger partial charge in [-0.15, -0.1) is 24.0 Å². The van der Waals surface area contributed by atoms with Crippen LogP contribution in [-0.2, 0) is 19.6 Å². The Hall–Kier alpha value is -2.12. The van der Waals surface area contributed by atoms with Crippen LogP contribution in [0.2, 0.25) is 0 Å². The first-order valence-corrected chi connectivity index (χ1v) is 9.79. The zero-order valence-electron chi connectivity index (χ0n) is 18.3. The third-order valence-electron chi connectivity index (χ3n) is 4.51. The highest BCUT2D eigenvalue weighted by Crippen LogP contribution is 2.27. The number of hydrogen-bond acceptors (Lipinski definition) is 5. The molecule has 0 bridgehead atoms. The van der Waals surface area contributed by atoms with Crippen molar-refractivity contribution >= 4 is 35.9 Å². The first-order chi connectivity index (χ1) is 14.1. The van der Waals surface area contributed by atoms with Crippen LogP contribution in [0, 0.1) is 13.8 Å². The maximum Gasteiger partial charge on any atom is 0.433 e. The molecule has 31 heavy (non-hydrogen) atoms. The number of alkyl halides is 3. The molecule has 0 spiro atoms. The average molecular weight is 554 g/mol. The van der Waals surface area contributed by atoms with Crippen LogP contribution >= 0.6 is 24.0 Å². The third-order valence-corrected chi connectivity index (χ3v) is 4.51. The minimum absolute atomic E-state index is 0. The Balaban J connectivity index is 0.00000480. The zero-order valence-corrected chi connectivity index (χ0v) is 20.7. The fourth-order valence-corrected chi connectivity index (χ4v) is 2.96. The summed E-state index contributed by atoms with van der Waals surface area (Å²) in [7, 11) is 1.93. The number of hydrogen-bond donors (Lipinski definition) is 3. The number of nitrogens with zero attached hydrogens (tertiary/aromatic N) is 5. The molecule has 0 radical (unpaired) electrons. The van der Waals surface area contributed by atoms with Crippen LogP contribution in [0.25, 0.3) is 0 Å². The summed E-state index contributed by atoms with van der Waals surface area (Å²) in [4.78, 5) is 11.8. The van der Waals surface area contributed by atoms with Gasteiger partial charge in [0.05, 0.1) is 12.2 Å². The number of aromatic nitrogens is 4. The Morgan fingerprint density at radius 1 is 1.29 bits per heavy atom. The van der Waals surface area contributed by atoms with E-state index in [-0.39, 0.29) is 36.0 Å². The molecular weight excluding hydrogens is 524 g/mol. The van der Waals surface area contributed by atoms with Gasteiger partial charge in [-0.05, 0) is 45.7 Å². The maximum atomic E-state index is 12.7. The second-order valence-corrected chi connectivity index (χ2v) is 6.97. The molecule has 2 aromatic heterocycles. The van der Waals surface area contributed by atoms with E-state index in [9.17, 15) is 13.2 Å². The predicted molar refractivity (Wildman–Crippen MR) is 126 cm³/mol. The highest BCUT2D eigenvalue weighted by atomic mass is 127. The lowest BCUT2D eigenvalue weighted by Crippen LogP contribution is -2.43. The second-order valence-electron chi connectivity index (χ2n) is 6.97. The lowest BCUT2D eigenvalue weighted by atomic mass is 10.1. The first-order valence-electron chi connectivity index (χ1n) is 9.79. The highest BCUT2D eigenvalue weighted by molar-refractivity contribution is 14.0. The van der Waals surface area contributed by atoms with Gasteiger partial charge in [0.25, 0.3) is 0 Å². The molecule has 0 aliphatic heterocycles. The van der Waals surface area contributed by atoms with E-state index in [1.165, 1.54) is 5.56 Å². The highest BCUT2D eigenvalue weighted by Gasteiger charge is 2.32. The van der Waals surface area contributed by atoms with Gasteiger partial charge in [-0.1, -0.05) is 0 Å². The predicted octanol–water partition coefficient (Wildman–Crippen LogP) is 3.06. The van der Waals surface area contributed by atoms with Gasteiger partial charge < -0.3 is 16.0 Å². The number of rotatable bonds is 8. The number of aliphatic imine (C=N–C) groups is 1. The fourth-order valence-electron chi connectivity index (χ4n) is 2.96. The molecule has 2 aromatic rings. The van der Waals surface area contributed by atoms with Crippen LogP contribution in [0.4, 0.5) is 19.1 Å². The molecule has 0 aliphatic carbocycles. The monoisotopic (exact) mass is 554 g/mol. The molecule has 0 saturated carbocycles. The van der Waals surface area contributed by atoms with Gasteiger partial charge in [0.15, 0.2) is 5.96 Å². The normalized spacial score (nSPS) is 12.8. The fraction of sp³-hybridized carbons (Fsp3) is 0.579. The topological polar surface area (TPSA) is 92.1 Å². The van der Waals surface area contributed by atoms with E-state index in [2.05, 4.69) is 42.9 Å². The van der Waals surface area contributed by atoms with Crippen molar-refractivity contribution < 1.29 is 13.2 Å². The molecule has 0 fully saturated rings. The number of nitrogens with one attached hydrogen (secondary N) is 3. The number of halogens is 4. The van der Waals surface area contributed by atoms with Gasteiger partial charge >= 0.3 is 6.18 Å². The van der Waals surface area contributed by atoms with Crippen molar-refractivity contribution in [3.8, 4) is 0 Å². The SMILES string of the molecule is CCNC(=NCCNc1nccc(C(F)(F)F)n1)NC(C)Cc1c(C)nn(C)c1C.I. The van der Waals surface area contributed by atoms with Crippen molar-refractivity contribution in [2.24, 2.45) is 12.0 Å². The van der Waals surface area contributed by atoms with Crippen molar-refractivity contribution in [3.63, 3.8) is 0 Å². The first kappa shape index (κ1) is 26.9. The van der Waals surface area contributed by atoms with E-state index in [1.807, 2.05) is 32.5 Å². The zero-order chi connectivity index (χ0) is 22.3. The molecule has 0 amide bonds. The summed E-state index contributed by atoms with van der Waals surface area (Å²) >= 11 is 0. The largest absolute Gasteiger partial charge is 0.433 e. The summed E-state index contributed by atoms with van der Waals surface area (Å²) in [5.74, 6) is 0.560. The quantitative estimate of drug-likeness (QED) is 0.201. The van der Waals surface area contributed by atoms with E-state index < -0.39 is 11.9 Å². The van der Waals surface area contributed by atoms with E-state index in [0.29, 0.717) is 25.6 Å². The second kappa shape index (κ2) is 12.1. The lowest BCUT2D eigenvalue weighted by molar-refractivity contribution is -0.141. The number of guanidine groups is 1. The molecule has 3 N–H and O–H groups in total. The standard InChI is InChI=1S/C19H29F3N8.HI/c1-6-23-17(27-12(2)11-15-13(3)29-30(5)14(15)4)25-9-10-26-18-24-8-7-16(28-18)19(20,21)22;/h7-8,12H,6,9-11H2,1-5H3,(H2,23,25,27)(H,24,26,28);1H. The van der Waals surface area contributed by atoms with Gasteiger partial charge in [0, 0.05) is 38.1 Å². The van der Waals surface area contributed by atoms with Crippen molar-refractivity contribution in [1.82, 2.24) is 30.4 Å². The van der Waals surface area contributed by atoms with Crippen LogP contribution in [-0.4, -0.2) is 51.4 Å². The Morgan fingerprint density at radius 3 is 2.58 bits per heavy atom. The summed E-state index contributed by atoms with van der Waals surface area (Å²) in [6.07, 6.45) is -2.62. The Kier molecular flexibility index (Phi) is 10.5. The molecule has 2 heterocycles. The van der Waals surface area contributed by atoms with Crippen molar-refractivity contribution in [2.45, 2.75) is 46.3 Å². The smallest absolute Gasteiger partial charge is 0.357 e. The molecule has 2 rings (SSSR count). The van der Waals surface area contributed by atoms with Crippen LogP contribution in [0.1, 0.15) is 36.5 Å². The van der Waals surface area contributed by atoms with E-state index in [4.69, 9.17) is 0 Å². The van der Waals surface area contributed by atoms with Crippen molar-refractivity contribution in [1.29, 1.82) is 0 Å². The van der Waals surface area contributed by atoms with Gasteiger partial charge in [-0.25, -0.2) is 9.97 Å². The molecule has 1 atom stereocenters. The molecular formula is C19H30F3IN8. The van der Waals surface area contributed by atoms with Gasteiger partial charge in [-0.3, -0.25) is 9.67 Å².